The quantitative estimate of drug-likeness (QED) is 0.334. The number of hydrogen-bond donors (Lipinski definition) is 3. The molecule has 3 aromatic heterocycles. The third-order valence-corrected chi connectivity index (χ3v) is 7.24. The molecular weight excluding hydrogens is 503 g/mol. The lowest BCUT2D eigenvalue weighted by atomic mass is 10.0. The van der Waals surface area contributed by atoms with E-state index in [2.05, 4.69) is 35.5 Å². The molecule has 204 valence electrons. The SMILES string of the molecule is CNc1cc(F)cc2c1[nH]c1nc(Oc3cnc(C)nc3)nc(N3C[C@H]4C[C@@H]3C[C@H]4NC(=O)OC(C)(C)C)c12. The summed E-state index contributed by atoms with van der Waals surface area (Å²) in [6.45, 7) is 8.01. The van der Waals surface area contributed by atoms with Gasteiger partial charge in [0, 0.05) is 31.1 Å². The van der Waals surface area contributed by atoms with Gasteiger partial charge >= 0.3 is 12.1 Å². The molecule has 4 aromatic rings. The average Bonchev–Trinajstić information content (AvgIpc) is 3.56. The maximum Gasteiger partial charge on any atom is 0.407 e. The molecule has 1 aliphatic heterocycles. The molecule has 6 rings (SSSR count). The van der Waals surface area contributed by atoms with Crippen LogP contribution in [0.2, 0.25) is 0 Å². The Labute approximate surface area is 224 Å². The number of alkyl carbamates (subject to hydrolysis) is 1. The molecule has 1 saturated carbocycles. The molecule has 39 heavy (non-hydrogen) atoms. The molecule has 3 atom stereocenters. The van der Waals surface area contributed by atoms with Gasteiger partial charge in [0.2, 0.25) is 0 Å². The number of amides is 1. The van der Waals surface area contributed by atoms with Crippen LogP contribution < -0.4 is 20.3 Å². The highest BCUT2D eigenvalue weighted by molar-refractivity contribution is 6.14. The molecule has 1 amide bonds. The highest BCUT2D eigenvalue weighted by atomic mass is 19.1. The number of benzene rings is 1. The Morgan fingerprint density at radius 1 is 1.18 bits per heavy atom. The van der Waals surface area contributed by atoms with Gasteiger partial charge in [0.05, 0.1) is 29.0 Å². The molecule has 2 fully saturated rings. The summed E-state index contributed by atoms with van der Waals surface area (Å²) in [5.41, 5.74) is 1.32. The van der Waals surface area contributed by atoms with Gasteiger partial charge in [-0.3, -0.25) is 0 Å². The average molecular weight is 535 g/mol. The highest BCUT2D eigenvalue weighted by Gasteiger charge is 2.47. The van der Waals surface area contributed by atoms with Crippen LogP contribution in [0.3, 0.4) is 0 Å². The van der Waals surface area contributed by atoms with Crippen LogP contribution in [-0.2, 0) is 4.74 Å². The van der Waals surface area contributed by atoms with Crippen molar-refractivity contribution >= 4 is 39.5 Å². The minimum Gasteiger partial charge on any atom is -0.444 e. The Hall–Kier alpha value is -4.22. The van der Waals surface area contributed by atoms with Crippen LogP contribution in [0.15, 0.2) is 24.5 Å². The van der Waals surface area contributed by atoms with Crippen molar-refractivity contribution in [2.75, 3.05) is 23.8 Å². The molecule has 12 heteroatoms. The number of carbonyl (C=O) groups excluding carboxylic acids is 1. The molecule has 0 radical (unpaired) electrons. The normalized spacial score (nSPS) is 20.6. The van der Waals surface area contributed by atoms with Gasteiger partial charge in [-0.1, -0.05) is 0 Å². The number of rotatable bonds is 5. The van der Waals surface area contributed by atoms with Crippen LogP contribution in [-0.4, -0.2) is 62.3 Å². The number of piperidine rings is 1. The van der Waals surface area contributed by atoms with Gasteiger partial charge in [0.1, 0.15) is 28.7 Å². The fourth-order valence-corrected chi connectivity index (χ4v) is 5.66. The van der Waals surface area contributed by atoms with E-state index in [0.29, 0.717) is 40.7 Å². The number of aromatic nitrogens is 5. The Kier molecular flexibility index (Phi) is 5.92. The lowest BCUT2D eigenvalue weighted by Crippen LogP contribution is -2.47. The van der Waals surface area contributed by atoms with Crippen LogP contribution in [0.1, 0.15) is 39.4 Å². The maximum absolute atomic E-state index is 14.6. The predicted molar refractivity (Wildman–Crippen MR) is 145 cm³/mol. The number of aryl methyl sites for hydroxylation is 1. The molecule has 2 aliphatic rings. The van der Waals surface area contributed by atoms with Crippen LogP contribution in [0.25, 0.3) is 21.9 Å². The van der Waals surface area contributed by atoms with Crippen molar-refractivity contribution in [1.29, 1.82) is 0 Å². The zero-order valence-corrected chi connectivity index (χ0v) is 22.5. The summed E-state index contributed by atoms with van der Waals surface area (Å²) in [5.74, 6) is 1.55. The van der Waals surface area contributed by atoms with Crippen molar-refractivity contribution in [1.82, 2.24) is 30.2 Å². The third kappa shape index (κ3) is 4.75. The van der Waals surface area contributed by atoms with Crippen LogP contribution in [0, 0.1) is 18.7 Å². The summed E-state index contributed by atoms with van der Waals surface area (Å²) in [6.07, 6.45) is 4.38. The van der Waals surface area contributed by atoms with E-state index in [0.717, 1.165) is 23.7 Å². The molecule has 1 saturated heterocycles. The molecule has 0 unspecified atom stereocenters. The molecule has 4 heterocycles. The number of nitrogens with zero attached hydrogens (tertiary/aromatic N) is 5. The number of anilines is 2. The van der Waals surface area contributed by atoms with E-state index in [9.17, 15) is 9.18 Å². The van der Waals surface area contributed by atoms with Crippen molar-refractivity contribution in [2.45, 2.75) is 58.2 Å². The third-order valence-electron chi connectivity index (χ3n) is 7.24. The number of fused-ring (bicyclic) bond motifs is 5. The first-order chi connectivity index (χ1) is 18.6. The highest BCUT2D eigenvalue weighted by Crippen LogP contribution is 2.44. The van der Waals surface area contributed by atoms with Crippen molar-refractivity contribution < 1.29 is 18.7 Å². The summed E-state index contributed by atoms with van der Waals surface area (Å²) in [6, 6.07) is 3.21. The standard InChI is InChI=1S/C27H31FN8O3/c1-13-30-10-17(11-31-13)38-25-34-23-21(18-7-15(28)8-20(29-5)22(18)33-23)24(35-25)36-12-14-6-16(36)9-19(14)32-26(37)39-27(2,3)4/h7-8,10-11,14,16,19,29H,6,9,12H2,1-5H3,(H,32,37)(H,33,34,35)/t14-,16-,19-/m1/s1. The topological polar surface area (TPSA) is 130 Å². The first kappa shape index (κ1) is 25.1. The number of H-pyrrole nitrogens is 1. The fourth-order valence-electron chi connectivity index (χ4n) is 5.66. The zero-order chi connectivity index (χ0) is 27.5. The Bertz CT molecular complexity index is 1570. The fraction of sp³-hybridized carbons (Fsp3) is 0.444. The number of hydrogen-bond acceptors (Lipinski definition) is 9. The minimum absolute atomic E-state index is 0.00941. The Morgan fingerprint density at radius 2 is 1.95 bits per heavy atom. The van der Waals surface area contributed by atoms with Crippen molar-refractivity contribution in [2.24, 2.45) is 5.92 Å². The van der Waals surface area contributed by atoms with E-state index >= 15 is 0 Å². The van der Waals surface area contributed by atoms with Crippen molar-refractivity contribution in [3.63, 3.8) is 0 Å². The lowest BCUT2D eigenvalue weighted by molar-refractivity contribution is 0.0491. The zero-order valence-electron chi connectivity index (χ0n) is 22.5. The maximum atomic E-state index is 14.6. The van der Waals surface area contributed by atoms with Gasteiger partial charge in [0.25, 0.3) is 0 Å². The smallest absolute Gasteiger partial charge is 0.407 e. The van der Waals surface area contributed by atoms with E-state index < -0.39 is 11.7 Å². The lowest BCUT2D eigenvalue weighted by Gasteiger charge is -2.33. The van der Waals surface area contributed by atoms with E-state index in [4.69, 9.17) is 14.5 Å². The second-order valence-electron chi connectivity index (χ2n) is 11.2. The number of aromatic amines is 1. The van der Waals surface area contributed by atoms with Crippen LogP contribution in [0.5, 0.6) is 11.8 Å². The van der Waals surface area contributed by atoms with Gasteiger partial charge in [-0.2, -0.15) is 9.97 Å². The molecular formula is C27H31FN8O3. The summed E-state index contributed by atoms with van der Waals surface area (Å²) in [4.78, 5) is 35.8. The van der Waals surface area contributed by atoms with Gasteiger partial charge in [-0.05, 0) is 58.6 Å². The molecule has 1 aromatic carbocycles. The first-order valence-corrected chi connectivity index (χ1v) is 13.0. The van der Waals surface area contributed by atoms with Gasteiger partial charge in [0.15, 0.2) is 5.75 Å². The predicted octanol–water partition coefficient (Wildman–Crippen LogP) is 4.67. The summed E-state index contributed by atoms with van der Waals surface area (Å²) < 4.78 is 26.1. The molecule has 11 nitrogen and oxygen atoms in total. The number of halogens is 1. The molecule has 0 spiro atoms. The molecule has 1 aliphatic carbocycles. The second kappa shape index (κ2) is 9.21. The van der Waals surface area contributed by atoms with Crippen LogP contribution in [0.4, 0.5) is 20.7 Å². The van der Waals surface area contributed by atoms with Crippen molar-refractivity contribution in [3.05, 3.63) is 36.2 Å². The van der Waals surface area contributed by atoms with E-state index in [1.54, 1.807) is 26.4 Å². The summed E-state index contributed by atoms with van der Waals surface area (Å²) >= 11 is 0. The monoisotopic (exact) mass is 534 g/mol. The van der Waals surface area contributed by atoms with E-state index in [1.807, 2.05) is 20.8 Å². The Morgan fingerprint density at radius 3 is 2.62 bits per heavy atom. The van der Waals surface area contributed by atoms with Gasteiger partial charge in [-0.25, -0.2) is 19.2 Å². The number of ether oxygens (including phenoxy) is 2. The summed E-state index contributed by atoms with van der Waals surface area (Å²) in [7, 11) is 1.75. The van der Waals surface area contributed by atoms with Crippen LogP contribution >= 0.6 is 0 Å². The first-order valence-electron chi connectivity index (χ1n) is 13.0. The van der Waals surface area contributed by atoms with Gasteiger partial charge < -0.3 is 30.0 Å². The largest absolute Gasteiger partial charge is 0.444 e. The van der Waals surface area contributed by atoms with Gasteiger partial charge in [-0.15, -0.1) is 0 Å². The molecule has 3 N–H and O–H groups in total. The number of carbonyl (C=O) groups is 1. The van der Waals surface area contributed by atoms with E-state index in [1.165, 1.54) is 12.1 Å². The summed E-state index contributed by atoms with van der Waals surface area (Å²) in [5, 5.41) is 7.50. The van der Waals surface area contributed by atoms with Crippen molar-refractivity contribution in [3.8, 4) is 11.8 Å². The minimum atomic E-state index is -0.560. The van der Waals surface area contributed by atoms with E-state index in [-0.39, 0.29) is 29.8 Å². The Balaban J connectivity index is 1.38. The number of nitrogens with one attached hydrogen (secondary N) is 3. The molecule has 2 bridgehead atoms. The second-order valence-corrected chi connectivity index (χ2v) is 11.2.